The molecule has 12 heavy (non-hydrogen) atoms. The maximum absolute atomic E-state index is 10.3. The second-order valence-electron chi connectivity index (χ2n) is 3.52. The van der Waals surface area contributed by atoms with Crippen LogP contribution in [-0.4, -0.2) is 35.1 Å². The van der Waals surface area contributed by atoms with Gasteiger partial charge in [-0.3, -0.25) is 4.79 Å². The van der Waals surface area contributed by atoms with Crippen LogP contribution in [0.25, 0.3) is 0 Å². The summed E-state index contributed by atoms with van der Waals surface area (Å²) >= 11 is 0. The van der Waals surface area contributed by atoms with Gasteiger partial charge in [0.1, 0.15) is 0 Å². The third-order valence-corrected chi connectivity index (χ3v) is 2.55. The second-order valence-corrected chi connectivity index (χ2v) is 3.52. The third-order valence-electron chi connectivity index (χ3n) is 2.55. The first-order chi connectivity index (χ1) is 5.70. The van der Waals surface area contributed by atoms with Crippen molar-refractivity contribution in [2.75, 3.05) is 13.1 Å². The van der Waals surface area contributed by atoms with E-state index in [2.05, 4.69) is 11.8 Å². The molecule has 1 saturated heterocycles. The molecule has 0 amide bonds. The maximum atomic E-state index is 10.3. The van der Waals surface area contributed by atoms with Crippen molar-refractivity contribution in [1.29, 1.82) is 0 Å². The van der Waals surface area contributed by atoms with E-state index in [0.717, 1.165) is 13.1 Å². The molecule has 1 rings (SSSR count). The molecule has 0 aromatic rings. The highest BCUT2D eigenvalue weighted by Gasteiger charge is 2.17. The van der Waals surface area contributed by atoms with E-state index in [1.807, 2.05) is 0 Å². The molecule has 70 valence electrons. The molecular formula is C9H17NO2. The molecule has 0 aromatic carbocycles. The Hall–Kier alpha value is -0.570. The molecule has 1 fully saturated rings. The molecule has 1 aliphatic heterocycles. The Labute approximate surface area is 73.4 Å². The van der Waals surface area contributed by atoms with Gasteiger partial charge in [-0.05, 0) is 26.3 Å². The van der Waals surface area contributed by atoms with E-state index in [9.17, 15) is 4.79 Å². The van der Waals surface area contributed by atoms with Crippen molar-refractivity contribution in [3.05, 3.63) is 0 Å². The Morgan fingerprint density at radius 3 is 2.92 bits per heavy atom. The first-order valence-electron chi connectivity index (χ1n) is 4.66. The molecule has 1 heterocycles. The normalized spacial score (nSPS) is 25.6. The van der Waals surface area contributed by atoms with Gasteiger partial charge in [0.05, 0.1) is 6.42 Å². The molecule has 0 spiro atoms. The van der Waals surface area contributed by atoms with Gasteiger partial charge in [0.2, 0.25) is 0 Å². The number of carbonyl (C=O) groups is 1. The van der Waals surface area contributed by atoms with Crippen molar-refractivity contribution in [3.8, 4) is 0 Å². The lowest BCUT2D eigenvalue weighted by Crippen LogP contribution is -2.38. The monoisotopic (exact) mass is 171 g/mol. The standard InChI is InChI=1S/C9H17NO2/c1-8-4-2-3-6-10(8)7-5-9(11)12/h8H,2-7H2,1H3,(H,11,12)/t8-/m1/s1. The number of likely N-dealkylation sites (tertiary alicyclic amines) is 1. The summed E-state index contributed by atoms with van der Waals surface area (Å²) in [6, 6.07) is 0.582. The minimum Gasteiger partial charge on any atom is -0.481 e. The van der Waals surface area contributed by atoms with Gasteiger partial charge in [-0.25, -0.2) is 0 Å². The SMILES string of the molecule is C[C@@H]1CCCCN1CCC(=O)O. The first-order valence-corrected chi connectivity index (χ1v) is 4.66. The predicted molar refractivity (Wildman–Crippen MR) is 47.1 cm³/mol. The highest BCUT2D eigenvalue weighted by molar-refractivity contribution is 5.66. The van der Waals surface area contributed by atoms with Gasteiger partial charge in [0.25, 0.3) is 0 Å². The lowest BCUT2D eigenvalue weighted by Gasteiger charge is -2.32. The highest BCUT2D eigenvalue weighted by Crippen LogP contribution is 2.15. The van der Waals surface area contributed by atoms with Crippen molar-refractivity contribution < 1.29 is 9.90 Å². The molecular weight excluding hydrogens is 154 g/mol. The van der Waals surface area contributed by atoms with Gasteiger partial charge in [0, 0.05) is 12.6 Å². The first kappa shape index (κ1) is 9.52. The Kier molecular flexibility index (Phi) is 3.53. The molecule has 3 nitrogen and oxygen atoms in total. The van der Waals surface area contributed by atoms with Crippen LogP contribution in [0.5, 0.6) is 0 Å². The van der Waals surface area contributed by atoms with Crippen LogP contribution in [0.2, 0.25) is 0 Å². The molecule has 0 saturated carbocycles. The summed E-state index contributed by atoms with van der Waals surface area (Å²) in [6.07, 6.45) is 4.03. The fraction of sp³-hybridized carbons (Fsp3) is 0.889. The van der Waals surface area contributed by atoms with Gasteiger partial charge in [0.15, 0.2) is 0 Å². The second kappa shape index (κ2) is 4.45. The highest BCUT2D eigenvalue weighted by atomic mass is 16.4. The number of carboxylic acids is 1. The summed E-state index contributed by atoms with van der Waals surface area (Å²) in [5.74, 6) is -0.687. The Morgan fingerprint density at radius 1 is 1.58 bits per heavy atom. The molecule has 1 aliphatic rings. The van der Waals surface area contributed by atoms with Gasteiger partial charge < -0.3 is 10.0 Å². The molecule has 3 heteroatoms. The summed E-state index contributed by atoms with van der Waals surface area (Å²) in [6.45, 7) is 3.98. The lowest BCUT2D eigenvalue weighted by atomic mass is 10.0. The average molecular weight is 171 g/mol. The zero-order chi connectivity index (χ0) is 8.97. The van der Waals surface area contributed by atoms with Crippen molar-refractivity contribution in [2.45, 2.75) is 38.6 Å². The molecule has 1 N–H and O–H groups in total. The molecule has 0 unspecified atom stereocenters. The van der Waals surface area contributed by atoms with Gasteiger partial charge in [-0.1, -0.05) is 6.42 Å². The van der Waals surface area contributed by atoms with Crippen LogP contribution >= 0.6 is 0 Å². The number of rotatable bonds is 3. The number of piperidine rings is 1. The molecule has 0 aromatic heterocycles. The van der Waals surface area contributed by atoms with Crippen LogP contribution in [0.4, 0.5) is 0 Å². The van der Waals surface area contributed by atoms with E-state index in [4.69, 9.17) is 5.11 Å². The Morgan fingerprint density at radius 2 is 2.33 bits per heavy atom. The summed E-state index contributed by atoms with van der Waals surface area (Å²) < 4.78 is 0. The number of hydrogen-bond acceptors (Lipinski definition) is 2. The van der Waals surface area contributed by atoms with Crippen molar-refractivity contribution in [2.24, 2.45) is 0 Å². The average Bonchev–Trinajstić information content (AvgIpc) is 2.03. The van der Waals surface area contributed by atoms with Crippen molar-refractivity contribution in [1.82, 2.24) is 4.90 Å². The van der Waals surface area contributed by atoms with Crippen LogP contribution in [0.1, 0.15) is 32.6 Å². The smallest absolute Gasteiger partial charge is 0.304 e. The van der Waals surface area contributed by atoms with E-state index in [0.29, 0.717) is 6.04 Å². The number of nitrogens with zero attached hydrogens (tertiary/aromatic N) is 1. The molecule has 1 atom stereocenters. The quantitative estimate of drug-likeness (QED) is 0.696. The van der Waals surface area contributed by atoms with Crippen molar-refractivity contribution >= 4 is 5.97 Å². The summed E-state index contributed by atoms with van der Waals surface area (Å²) in [7, 11) is 0. The zero-order valence-corrected chi connectivity index (χ0v) is 7.62. The fourth-order valence-electron chi connectivity index (χ4n) is 1.73. The van der Waals surface area contributed by atoms with E-state index >= 15 is 0 Å². The summed E-state index contributed by atoms with van der Waals surface area (Å²) in [4.78, 5) is 12.6. The van der Waals surface area contributed by atoms with E-state index in [1.54, 1.807) is 0 Å². The van der Waals surface area contributed by atoms with Gasteiger partial charge >= 0.3 is 5.97 Å². The van der Waals surface area contributed by atoms with Crippen LogP contribution < -0.4 is 0 Å². The van der Waals surface area contributed by atoms with Gasteiger partial charge in [-0.15, -0.1) is 0 Å². The van der Waals surface area contributed by atoms with Crippen LogP contribution in [0, 0.1) is 0 Å². The van der Waals surface area contributed by atoms with E-state index in [-0.39, 0.29) is 6.42 Å². The number of hydrogen-bond donors (Lipinski definition) is 1. The number of carboxylic acid groups (broad SMARTS) is 1. The predicted octanol–water partition coefficient (Wildman–Crippen LogP) is 1.34. The minimum absolute atomic E-state index is 0.282. The van der Waals surface area contributed by atoms with Gasteiger partial charge in [-0.2, -0.15) is 0 Å². The molecule has 0 aliphatic carbocycles. The zero-order valence-electron chi connectivity index (χ0n) is 7.62. The van der Waals surface area contributed by atoms with Crippen LogP contribution in [-0.2, 0) is 4.79 Å². The largest absolute Gasteiger partial charge is 0.481 e. The minimum atomic E-state index is -0.687. The topological polar surface area (TPSA) is 40.5 Å². The van der Waals surface area contributed by atoms with Crippen LogP contribution in [0.15, 0.2) is 0 Å². The molecule has 0 bridgehead atoms. The summed E-state index contributed by atoms with van der Waals surface area (Å²) in [5.41, 5.74) is 0. The number of aliphatic carboxylic acids is 1. The molecule has 0 radical (unpaired) electrons. The maximum Gasteiger partial charge on any atom is 0.304 e. The van der Waals surface area contributed by atoms with E-state index < -0.39 is 5.97 Å². The lowest BCUT2D eigenvalue weighted by molar-refractivity contribution is -0.137. The Balaban J connectivity index is 2.24. The fourth-order valence-corrected chi connectivity index (χ4v) is 1.73. The summed E-state index contributed by atoms with van der Waals surface area (Å²) in [5, 5.41) is 8.50. The third kappa shape index (κ3) is 2.81. The Bertz CT molecular complexity index is 159. The van der Waals surface area contributed by atoms with Crippen molar-refractivity contribution in [3.63, 3.8) is 0 Å². The van der Waals surface area contributed by atoms with E-state index in [1.165, 1.54) is 19.3 Å². The van der Waals surface area contributed by atoms with Crippen LogP contribution in [0.3, 0.4) is 0 Å².